The molecule has 1 saturated heterocycles. The minimum absolute atomic E-state index is 0.145. The fourth-order valence-electron chi connectivity index (χ4n) is 4.05. The van der Waals surface area contributed by atoms with E-state index in [4.69, 9.17) is 9.15 Å². The number of amides is 1. The van der Waals surface area contributed by atoms with Crippen LogP contribution in [0.4, 0.5) is 5.13 Å². The van der Waals surface area contributed by atoms with Crippen molar-refractivity contribution in [3.63, 3.8) is 0 Å². The molecule has 8 nitrogen and oxygen atoms in total. The normalized spacial score (nSPS) is 17.1. The lowest BCUT2D eigenvalue weighted by molar-refractivity contribution is -0.123. The van der Waals surface area contributed by atoms with Crippen LogP contribution in [0.1, 0.15) is 18.6 Å². The second-order valence-electron chi connectivity index (χ2n) is 7.97. The zero-order valence-corrected chi connectivity index (χ0v) is 20.9. The molecule has 0 radical (unpaired) electrons. The highest BCUT2D eigenvalue weighted by molar-refractivity contribution is 7.91. The Kier molecular flexibility index (Phi) is 6.43. The van der Waals surface area contributed by atoms with E-state index in [2.05, 4.69) is 4.98 Å². The summed E-state index contributed by atoms with van der Waals surface area (Å²) < 4.78 is 39.6. The molecule has 4 heterocycles. The van der Waals surface area contributed by atoms with Crippen LogP contribution in [0.25, 0.3) is 10.2 Å². The van der Waals surface area contributed by atoms with Gasteiger partial charge < -0.3 is 9.15 Å². The molecule has 0 saturated carbocycles. The number of aromatic nitrogens is 1. The first-order chi connectivity index (χ1) is 16.5. The molecule has 3 aromatic heterocycles. The van der Waals surface area contributed by atoms with Crippen LogP contribution in [0.3, 0.4) is 0 Å². The van der Waals surface area contributed by atoms with Gasteiger partial charge in [0.1, 0.15) is 15.7 Å². The Bertz CT molecular complexity index is 1380. The van der Waals surface area contributed by atoms with Gasteiger partial charge in [-0.3, -0.25) is 9.69 Å². The maximum absolute atomic E-state index is 13.8. The first kappa shape index (κ1) is 23.0. The van der Waals surface area contributed by atoms with Crippen LogP contribution >= 0.6 is 22.7 Å². The summed E-state index contributed by atoms with van der Waals surface area (Å²) in [6.45, 7) is 0.770. The molecule has 4 aromatic rings. The highest BCUT2D eigenvalue weighted by atomic mass is 32.2. The quantitative estimate of drug-likeness (QED) is 0.356. The highest BCUT2D eigenvalue weighted by Gasteiger charge is 2.36. The Morgan fingerprint density at radius 1 is 1.29 bits per heavy atom. The molecule has 178 valence electrons. The molecule has 0 spiro atoms. The smallest absolute Gasteiger partial charge is 0.252 e. The van der Waals surface area contributed by atoms with Gasteiger partial charge in [0.2, 0.25) is 5.91 Å². The van der Waals surface area contributed by atoms with Gasteiger partial charge in [0.05, 0.1) is 36.1 Å². The Morgan fingerprint density at radius 3 is 2.91 bits per heavy atom. The minimum Gasteiger partial charge on any atom is -0.497 e. The molecule has 1 aliphatic heterocycles. The third-order valence-corrected chi connectivity index (χ3v) is 10.1. The predicted octanol–water partition coefficient (Wildman–Crippen LogP) is 4.59. The number of methoxy groups -OCH3 is 1. The van der Waals surface area contributed by atoms with Crippen LogP contribution in [0.5, 0.6) is 5.75 Å². The van der Waals surface area contributed by atoms with E-state index in [0.717, 1.165) is 10.2 Å². The largest absolute Gasteiger partial charge is 0.497 e. The number of ether oxygens (including phenoxy) is 1. The van der Waals surface area contributed by atoms with E-state index < -0.39 is 15.9 Å². The van der Waals surface area contributed by atoms with E-state index >= 15 is 0 Å². The number of fused-ring (bicyclic) bond motifs is 1. The number of rotatable bonds is 7. The number of hydrogen-bond donors (Lipinski definition) is 0. The lowest BCUT2D eigenvalue weighted by Crippen LogP contribution is -2.46. The highest BCUT2D eigenvalue weighted by Crippen LogP contribution is 2.34. The Hall–Kier alpha value is -2.73. The number of hydrogen-bond acceptors (Lipinski definition) is 8. The second kappa shape index (κ2) is 9.49. The van der Waals surface area contributed by atoms with Crippen molar-refractivity contribution >= 4 is 54.0 Å². The summed E-state index contributed by atoms with van der Waals surface area (Å²) in [6, 6.07) is 12.5. The van der Waals surface area contributed by atoms with Crippen molar-refractivity contribution in [2.75, 3.05) is 25.1 Å². The summed E-state index contributed by atoms with van der Waals surface area (Å²) in [5.74, 6) is 0.714. The van der Waals surface area contributed by atoms with Crippen molar-refractivity contribution in [1.29, 1.82) is 0 Å². The van der Waals surface area contributed by atoms with E-state index in [1.165, 1.54) is 27.0 Å². The summed E-state index contributed by atoms with van der Waals surface area (Å²) in [5, 5.41) is 2.29. The van der Waals surface area contributed by atoms with Crippen LogP contribution < -0.4 is 9.64 Å². The van der Waals surface area contributed by atoms with E-state index in [-0.39, 0.29) is 19.0 Å². The maximum Gasteiger partial charge on any atom is 0.252 e. The molecular formula is C23H23N3O5S3. The third-order valence-electron chi connectivity index (χ3n) is 5.80. The third kappa shape index (κ3) is 4.48. The maximum atomic E-state index is 13.8. The molecule has 0 aliphatic carbocycles. The van der Waals surface area contributed by atoms with Gasteiger partial charge in [0.15, 0.2) is 5.13 Å². The molecule has 34 heavy (non-hydrogen) atoms. The van der Waals surface area contributed by atoms with Crippen molar-refractivity contribution in [2.24, 2.45) is 5.92 Å². The van der Waals surface area contributed by atoms with Gasteiger partial charge in [0.25, 0.3) is 10.0 Å². The fourth-order valence-corrected chi connectivity index (χ4v) is 7.72. The van der Waals surface area contributed by atoms with Crippen molar-refractivity contribution in [1.82, 2.24) is 9.29 Å². The molecule has 0 bridgehead atoms. The van der Waals surface area contributed by atoms with Gasteiger partial charge >= 0.3 is 0 Å². The number of piperidine rings is 1. The van der Waals surface area contributed by atoms with Crippen LogP contribution in [-0.4, -0.2) is 43.8 Å². The van der Waals surface area contributed by atoms with Gasteiger partial charge in [-0.1, -0.05) is 17.4 Å². The molecular weight excluding hydrogens is 494 g/mol. The summed E-state index contributed by atoms with van der Waals surface area (Å²) in [5.41, 5.74) is 0.767. The average Bonchev–Trinajstić information content (AvgIpc) is 3.63. The number of sulfonamides is 1. The summed E-state index contributed by atoms with van der Waals surface area (Å²) in [4.78, 5) is 20.1. The summed E-state index contributed by atoms with van der Waals surface area (Å²) in [6.07, 6.45) is 2.80. The van der Waals surface area contributed by atoms with Gasteiger partial charge in [-0.15, -0.1) is 11.3 Å². The van der Waals surface area contributed by atoms with E-state index in [1.807, 2.05) is 24.3 Å². The van der Waals surface area contributed by atoms with Crippen molar-refractivity contribution in [2.45, 2.75) is 23.6 Å². The van der Waals surface area contributed by atoms with Gasteiger partial charge in [0, 0.05) is 13.1 Å². The molecule has 1 fully saturated rings. The first-order valence-corrected chi connectivity index (χ1v) is 13.9. The standard InChI is InChI=1S/C23H23N3O5S3/c1-30-17-8-9-19-20(13-17)33-23(24-19)26(15-18-6-3-11-31-18)22(27)16-5-2-10-25(14-16)34(28,29)21-7-4-12-32-21/h3-4,6-9,11-13,16H,2,5,10,14-15H2,1H3. The van der Waals surface area contributed by atoms with E-state index in [0.29, 0.717) is 40.2 Å². The number of furan rings is 1. The van der Waals surface area contributed by atoms with Crippen molar-refractivity contribution in [3.8, 4) is 5.75 Å². The summed E-state index contributed by atoms with van der Waals surface area (Å²) >= 11 is 2.58. The molecule has 0 N–H and O–H groups in total. The molecule has 1 amide bonds. The monoisotopic (exact) mass is 517 g/mol. The van der Waals surface area contributed by atoms with Crippen LogP contribution in [0, 0.1) is 5.92 Å². The Balaban J connectivity index is 1.45. The fraction of sp³-hybridized carbons (Fsp3) is 0.304. The van der Waals surface area contributed by atoms with Gasteiger partial charge in [-0.25, -0.2) is 13.4 Å². The zero-order chi connectivity index (χ0) is 23.7. The number of thiophene rings is 1. The topological polar surface area (TPSA) is 92.9 Å². The number of benzene rings is 1. The van der Waals surface area contributed by atoms with Gasteiger partial charge in [-0.05, 0) is 54.6 Å². The molecule has 1 aromatic carbocycles. The summed E-state index contributed by atoms with van der Waals surface area (Å²) in [7, 11) is -2.01. The Morgan fingerprint density at radius 2 is 2.18 bits per heavy atom. The van der Waals surface area contributed by atoms with Crippen LogP contribution in [0.15, 0.2) is 62.7 Å². The number of carbonyl (C=O) groups excluding carboxylic acids is 1. The van der Waals surface area contributed by atoms with Gasteiger partial charge in [-0.2, -0.15) is 4.31 Å². The van der Waals surface area contributed by atoms with Crippen molar-refractivity contribution < 1.29 is 22.4 Å². The molecule has 1 aliphatic rings. The van der Waals surface area contributed by atoms with Crippen LogP contribution in [-0.2, 0) is 21.4 Å². The number of carbonyl (C=O) groups is 1. The number of thiazole rings is 1. The number of nitrogens with zero attached hydrogens (tertiary/aromatic N) is 3. The molecule has 11 heteroatoms. The minimum atomic E-state index is -3.62. The first-order valence-electron chi connectivity index (χ1n) is 10.8. The lowest BCUT2D eigenvalue weighted by Gasteiger charge is -2.33. The van der Waals surface area contributed by atoms with E-state index in [1.54, 1.807) is 41.9 Å². The van der Waals surface area contributed by atoms with Crippen LogP contribution in [0.2, 0.25) is 0 Å². The SMILES string of the molecule is COc1ccc2nc(N(Cc3ccco3)C(=O)C3CCCN(S(=O)(=O)c4cccs4)C3)sc2c1. The molecule has 1 atom stereocenters. The predicted molar refractivity (Wildman–Crippen MR) is 132 cm³/mol. The lowest BCUT2D eigenvalue weighted by atomic mass is 9.98. The zero-order valence-electron chi connectivity index (χ0n) is 18.4. The van der Waals surface area contributed by atoms with Crippen molar-refractivity contribution in [3.05, 3.63) is 59.9 Å². The second-order valence-corrected chi connectivity index (χ2v) is 12.1. The number of anilines is 1. The Labute approximate surface area is 205 Å². The van der Waals surface area contributed by atoms with E-state index in [9.17, 15) is 13.2 Å². The average molecular weight is 518 g/mol. The molecule has 1 unspecified atom stereocenters. The molecule has 5 rings (SSSR count).